The molecule has 2 rings (SSSR count). The zero-order valence-corrected chi connectivity index (χ0v) is 17.5. The van der Waals surface area contributed by atoms with E-state index in [0.29, 0.717) is 6.42 Å². The number of nitro groups is 1. The zero-order valence-electron chi connectivity index (χ0n) is 16.7. The van der Waals surface area contributed by atoms with Crippen LogP contribution in [0.3, 0.4) is 0 Å². The molecule has 0 fully saturated rings. The maximum absolute atomic E-state index is 12.8. The predicted octanol–water partition coefficient (Wildman–Crippen LogP) is 1.62. The lowest BCUT2D eigenvalue weighted by Gasteiger charge is -2.24. The molecule has 0 spiro atoms. The van der Waals surface area contributed by atoms with Gasteiger partial charge in [-0.3, -0.25) is 14.9 Å². The van der Waals surface area contributed by atoms with Crippen LogP contribution >= 0.6 is 0 Å². The van der Waals surface area contributed by atoms with Gasteiger partial charge in [-0.15, -0.1) is 0 Å². The van der Waals surface area contributed by atoms with Crippen LogP contribution in [0.25, 0.3) is 0 Å². The Morgan fingerprint density at radius 1 is 1.10 bits per heavy atom. The quantitative estimate of drug-likeness (QED) is 0.383. The van der Waals surface area contributed by atoms with Crippen molar-refractivity contribution in [2.24, 2.45) is 5.92 Å². The van der Waals surface area contributed by atoms with Gasteiger partial charge in [0.25, 0.3) is 5.69 Å². The SMILES string of the molecule is CC(C)[C@@H](NS(=O)(=O)c1ccccc1[N+](=O)[O-])C(=O)N[C@H](CO)Cc1ccccc1. The first-order valence-corrected chi connectivity index (χ1v) is 10.8. The zero-order chi connectivity index (χ0) is 22.3. The average Bonchev–Trinajstić information content (AvgIpc) is 2.72. The number of nitrogens with one attached hydrogen (secondary N) is 2. The summed E-state index contributed by atoms with van der Waals surface area (Å²) in [5.74, 6) is -1.07. The number of amides is 1. The van der Waals surface area contributed by atoms with Gasteiger partial charge in [0.15, 0.2) is 4.90 Å². The third kappa shape index (κ3) is 6.09. The number of rotatable bonds is 10. The Hall–Kier alpha value is -2.82. The highest BCUT2D eigenvalue weighted by Gasteiger charge is 2.33. The second-order valence-corrected chi connectivity index (χ2v) is 8.83. The van der Waals surface area contributed by atoms with Crippen molar-refractivity contribution >= 4 is 21.6 Å². The maximum Gasteiger partial charge on any atom is 0.289 e. The van der Waals surface area contributed by atoms with E-state index in [1.165, 1.54) is 12.1 Å². The molecule has 0 saturated heterocycles. The van der Waals surface area contributed by atoms with E-state index in [2.05, 4.69) is 10.0 Å². The Kier molecular flexibility index (Phi) is 8.04. The molecule has 2 atom stereocenters. The molecule has 0 saturated carbocycles. The minimum absolute atomic E-state index is 0.331. The average molecular weight is 436 g/mol. The molecule has 1 amide bonds. The van der Waals surface area contributed by atoms with Gasteiger partial charge >= 0.3 is 0 Å². The van der Waals surface area contributed by atoms with Gasteiger partial charge in [0, 0.05) is 6.07 Å². The van der Waals surface area contributed by atoms with Crippen LogP contribution < -0.4 is 10.0 Å². The Morgan fingerprint density at radius 3 is 2.27 bits per heavy atom. The minimum atomic E-state index is -4.34. The second kappa shape index (κ2) is 10.3. The molecule has 0 heterocycles. The predicted molar refractivity (Wildman–Crippen MR) is 111 cm³/mol. The maximum atomic E-state index is 12.8. The largest absolute Gasteiger partial charge is 0.394 e. The summed E-state index contributed by atoms with van der Waals surface area (Å²) in [5.41, 5.74) is 0.323. The molecule has 0 aromatic heterocycles. The van der Waals surface area contributed by atoms with Crippen LogP contribution in [-0.2, 0) is 21.2 Å². The minimum Gasteiger partial charge on any atom is -0.394 e. The highest BCUT2D eigenvalue weighted by molar-refractivity contribution is 7.89. The lowest BCUT2D eigenvalue weighted by Crippen LogP contribution is -2.53. The van der Waals surface area contributed by atoms with Gasteiger partial charge < -0.3 is 10.4 Å². The molecule has 0 unspecified atom stereocenters. The highest BCUT2D eigenvalue weighted by Crippen LogP contribution is 2.23. The number of nitro benzene ring substituents is 1. The summed E-state index contributed by atoms with van der Waals surface area (Å²) in [6.07, 6.45) is 0.366. The Balaban J connectivity index is 2.20. The van der Waals surface area contributed by atoms with Gasteiger partial charge in [0.2, 0.25) is 15.9 Å². The first-order chi connectivity index (χ1) is 14.2. The monoisotopic (exact) mass is 435 g/mol. The first-order valence-electron chi connectivity index (χ1n) is 9.36. The van der Waals surface area contributed by atoms with Crippen molar-refractivity contribution < 1.29 is 23.2 Å². The summed E-state index contributed by atoms with van der Waals surface area (Å²) in [7, 11) is -4.34. The summed E-state index contributed by atoms with van der Waals surface area (Å²) < 4.78 is 27.8. The van der Waals surface area contributed by atoms with Crippen LogP contribution in [0.15, 0.2) is 59.5 Å². The van der Waals surface area contributed by atoms with Gasteiger partial charge in [-0.05, 0) is 24.0 Å². The summed E-state index contributed by atoms with van der Waals surface area (Å²) in [6, 6.07) is 12.4. The molecule has 30 heavy (non-hydrogen) atoms. The van der Waals surface area contributed by atoms with Gasteiger partial charge in [-0.25, -0.2) is 8.42 Å². The molecule has 2 aromatic rings. The molecule has 0 aliphatic rings. The number of aliphatic hydroxyl groups excluding tert-OH is 1. The summed E-state index contributed by atoms with van der Waals surface area (Å²) in [4.78, 5) is 22.7. The number of hydrogen-bond donors (Lipinski definition) is 3. The number of carbonyl (C=O) groups excluding carboxylic acids is 1. The van der Waals surface area contributed by atoms with Crippen LogP contribution in [0.1, 0.15) is 19.4 Å². The van der Waals surface area contributed by atoms with E-state index >= 15 is 0 Å². The fourth-order valence-corrected chi connectivity index (χ4v) is 4.43. The Labute approximate surface area is 175 Å². The molecule has 3 N–H and O–H groups in total. The van der Waals surface area contributed by atoms with E-state index in [1.54, 1.807) is 13.8 Å². The van der Waals surface area contributed by atoms with Gasteiger partial charge in [-0.2, -0.15) is 4.72 Å². The molecule has 10 heteroatoms. The van der Waals surface area contributed by atoms with Gasteiger partial charge in [0.05, 0.1) is 17.6 Å². The van der Waals surface area contributed by atoms with E-state index in [4.69, 9.17) is 0 Å². The third-order valence-corrected chi connectivity index (χ3v) is 5.96. The summed E-state index contributed by atoms with van der Waals surface area (Å²) in [5, 5.41) is 23.5. The molecule has 2 aromatic carbocycles. The number of benzene rings is 2. The Bertz CT molecular complexity index is 979. The molecular formula is C20H25N3O6S. The van der Waals surface area contributed by atoms with E-state index < -0.39 is 49.4 Å². The summed E-state index contributed by atoms with van der Waals surface area (Å²) >= 11 is 0. The number of nitrogens with zero attached hydrogens (tertiary/aromatic N) is 1. The van der Waals surface area contributed by atoms with Crippen molar-refractivity contribution in [1.82, 2.24) is 10.0 Å². The van der Waals surface area contributed by atoms with Crippen molar-refractivity contribution in [2.45, 2.75) is 37.2 Å². The van der Waals surface area contributed by atoms with Crippen LogP contribution in [0.4, 0.5) is 5.69 Å². The van der Waals surface area contributed by atoms with Crippen molar-refractivity contribution in [3.8, 4) is 0 Å². The number of carbonyl (C=O) groups is 1. The van der Waals surface area contributed by atoms with E-state index in [0.717, 1.165) is 17.7 Å². The molecule has 0 aliphatic heterocycles. The van der Waals surface area contributed by atoms with E-state index in [-0.39, 0.29) is 6.61 Å². The normalized spacial score (nSPS) is 13.6. The van der Waals surface area contributed by atoms with Gasteiger partial charge in [-0.1, -0.05) is 56.3 Å². The fraction of sp³-hybridized carbons (Fsp3) is 0.350. The van der Waals surface area contributed by atoms with Crippen LogP contribution in [0, 0.1) is 16.0 Å². The molecule has 0 aliphatic carbocycles. The fourth-order valence-electron chi connectivity index (χ4n) is 2.91. The van der Waals surface area contributed by atoms with Crippen LogP contribution in [-0.4, -0.2) is 43.0 Å². The molecular weight excluding hydrogens is 410 g/mol. The second-order valence-electron chi connectivity index (χ2n) is 7.15. The van der Waals surface area contributed by atoms with Crippen molar-refractivity contribution in [2.75, 3.05) is 6.61 Å². The number of para-hydroxylation sites is 1. The molecule has 0 radical (unpaired) electrons. The molecule has 9 nitrogen and oxygen atoms in total. The number of aliphatic hydroxyl groups is 1. The summed E-state index contributed by atoms with van der Waals surface area (Å²) in [6.45, 7) is 2.97. The molecule has 0 bridgehead atoms. The van der Waals surface area contributed by atoms with Crippen molar-refractivity contribution in [1.29, 1.82) is 0 Å². The number of hydrogen-bond acceptors (Lipinski definition) is 6. The lowest BCUT2D eigenvalue weighted by atomic mass is 10.0. The standard InChI is InChI=1S/C20H25N3O6S/c1-14(2)19(20(25)21-16(13-24)12-15-8-4-3-5-9-15)22-30(28,29)18-11-7-6-10-17(18)23(26)27/h3-11,14,16,19,22,24H,12-13H2,1-2H3,(H,21,25)/t16-,19+/m0/s1. The number of sulfonamides is 1. The van der Waals surface area contributed by atoms with E-state index in [1.807, 2.05) is 30.3 Å². The third-order valence-electron chi connectivity index (χ3n) is 4.47. The highest BCUT2D eigenvalue weighted by atomic mass is 32.2. The van der Waals surface area contributed by atoms with E-state index in [9.17, 15) is 28.4 Å². The molecule has 162 valence electrons. The van der Waals surface area contributed by atoms with Crippen LogP contribution in [0.5, 0.6) is 0 Å². The smallest absolute Gasteiger partial charge is 0.289 e. The van der Waals surface area contributed by atoms with Crippen LogP contribution in [0.2, 0.25) is 0 Å². The first kappa shape index (κ1) is 23.5. The lowest BCUT2D eigenvalue weighted by molar-refractivity contribution is -0.387. The topological polar surface area (TPSA) is 139 Å². The van der Waals surface area contributed by atoms with Crippen molar-refractivity contribution in [3.05, 3.63) is 70.3 Å². The van der Waals surface area contributed by atoms with Crippen molar-refractivity contribution in [3.63, 3.8) is 0 Å². The Morgan fingerprint density at radius 2 is 1.70 bits per heavy atom. The van der Waals surface area contributed by atoms with Gasteiger partial charge in [0.1, 0.15) is 6.04 Å².